The second kappa shape index (κ2) is 35.5. The number of pyridine rings is 4. The van der Waals surface area contributed by atoms with Crippen molar-refractivity contribution in [3.05, 3.63) is 371 Å². The van der Waals surface area contributed by atoms with Crippen LogP contribution < -0.4 is 9.64 Å². The number of ether oxygens (including phenoxy) is 1. The lowest BCUT2D eigenvalue weighted by Gasteiger charge is -2.30. The lowest BCUT2D eigenvalue weighted by molar-refractivity contribution is -0.141. The average molecular weight is 1780 g/mol. The van der Waals surface area contributed by atoms with E-state index in [-0.39, 0.29) is 23.4 Å². The predicted molar refractivity (Wildman–Crippen MR) is 469 cm³/mol. The predicted octanol–water partition coefficient (Wildman–Crippen LogP) is 18.4. The number of aliphatic hydroxyl groups is 3. The first kappa shape index (κ1) is 87.7. The summed E-state index contributed by atoms with van der Waals surface area (Å²) in [4.78, 5) is 32.9. The molecule has 17 rings (SSSR count). The van der Waals surface area contributed by atoms with Gasteiger partial charge in [-0.25, -0.2) is 43.9 Å². The van der Waals surface area contributed by atoms with Crippen LogP contribution in [-0.4, -0.2) is 119 Å². The number of aromatic nitrogens is 17. The van der Waals surface area contributed by atoms with Gasteiger partial charge in [0.25, 0.3) is 0 Å². The van der Waals surface area contributed by atoms with E-state index in [4.69, 9.17) is 61.1 Å². The molecule has 10 heterocycles. The third kappa shape index (κ3) is 16.8. The van der Waals surface area contributed by atoms with Crippen LogP contribution >= 0.6 is 46.4 Å². The SMILES string of the molecule is CCN(CC)c1nc2ccc(C(O)(c3ccc(C(F)(F)F)nc3)c3cncn3C)cc2c(Cl)c1Cc1ccc(-n2cccn2)cc1.COc1nc2ccc(C(O)(c3cnnn3C)c3cnc(C)n3C)cc2c(C#N)c1Cc1ccc(C(F)(F)F)cc1.Cc1cc(C(O)(c2ccc(Cl)cc2)c2cncn2C)cc2c(Cl)c(Cc3ccc(-n4cccn4)cc3)c(Cl)nc12. The van der Waals surface area contributed by atoms with E-state index in [0.717, 1.165) is 82.5 Å². The number of fused-ring (bicyclic) bond motifs is 3. The van der Waals surface area contributed by atoms with Gasteiger partial charge in [-0.05, 0) is 169 Å². The molecule has 0 fully saturated rings. The smallest absolute Gasteiger partial charge is 0.433 e. The Kier molecular flexibility index (Phi) is 24.7. The Bertz CT molecular complexity index is 6880. The number of nitriles is 1. The van der Waals surface area contributed by atoms with Crippen molar-refractivity contribution < 1.29 is 46.4 Å². The summed E-state index contributed by atoms with van der Waals surface area (Å²) in [6.07, 6.45) is 9.63. The Morgan fingerprint density at radius 2 is 1.02 bits per heavy atom. The van der Waals surface area contributed by atoms with Crippen LogP contribution in [0.15, 0.2) is 238 Å². The van der Waals surface area contributed by atoms with Gasteiger partial charge in [0.15, 0.2) is 16.8 Å². The third-order valence-corrected chi connectivity index (χ3v) is 24.0. The summed E-state index contributed by atoms with van der Waals surface area (Å²) in [5, 5.41) is 67.6. The molecule has 3 N–H and O–H groups in total. The molecule has 3 unspecified atom stereocenters. The van der Waals surface area contributed by atoms with Crippen molar-refractivity contribution in [2.75, 3.05) is 25.1 Å². The maximum atomic E-state index is 13.3. The van der Waals surface area contributed by atoms with Gasteiger partial charge in [-0.3, -0.25) is 4.98 Å². The van der Waals surface area contributed by atoms with E-state index in [1.165, 1.54) is 48.7 Å². The first-order chi connectivity index (χ1) is 60.3. The molecule has 0 aliphatic carbocycles. The lowest BCUT2D eigenvalue weighted by Crippen LogP contribution is -2.33. The average Bonchev–Trinajstić information content (AvgIpc) is 1.58. The van der Waals surface area contributed by atoms with E-state index >= 15 is 0 Å². The van der Waals surface area contributed by atoms with Crippen molar-refractivity contribution in [1.29, 1.82) is 5.26 Å². The van der Waals surface area contributed by atoms with Crippen LogP contribution in [0, 0.1) is 25.2 Å². The Morgan fingerprint density at radius 1 is 0.500 bits per heavy atom. The van der Waals surface area contributed by atoms with E-state index in [1.807, 2.05) is 118 Å². The van der Waals surface area contributed by atoms with Gasteiger partial charge in [0.2, 0.25) is 5.88 Å². The number of halogens is 10. The first-order valence-corrected chi connectivity index (χ1v) is 41.0. The maximum Gasteiger partial charge on any atom is 0.433 e. The minimum absolute atomic E-state index is 0.105. The highest BCUT2D eigenvalue weighted by Crippen LogP contribution is 2.46. The van der Waals surface area contributed by atoms with Gasteiger partial charge < -0.3 is 38.7 Å². The number of nitrogens with zero attached hydrogens (tertiary/aromatic N) is 19. The van der Waals surface area contributed by atoms with Gasteiger partial charge >= 0.3 is 12.4 Å². The highest BCUT2D eigenvalue weighted by atomic mass is 35.5. The van der Waals surface area contributed by atoms with Crippen LogP contribution in [0.5, 0.6) is 5.88 Å². The minimum Gasteiger partial charge on any atom is -0.481 e. The molecule has 0 aliphatic rings. The molecule has 17 aromatic rings. The van der Waals surface area contributed by atoms with Crippen molar-refractivity contribution in [3.8, 4) is 23.3 Å². The van der Waals surface area contributed by atoms with E-state index in [9.17, 15) is 46.9 Å². The van der Waals surface area contributed by atoms with E-state index in [0.29, 0.717) is 128 Å². The zero-order valence-electron chi connectivity index (χ0n) is 69.1. The zero-order chi connectivity index (χ0) is 89.5. The molecule has 7 aromatic carbocycles. The molecule has 33 heteroatoms. The molecule has 0 aliphatic heterocycles. The number of imidazole rings is 3. The molecule has 0 amide bonds. The summed E-state index contributed by atoms with van der Waals surface area (Å²) in [6.45, 7) is 9.29. The van der Waals surface area contributed by atoms with Crippen molar-refractivity contribution in [2.45, 2.75) is 76.1 Å². The standard InChI is InChI=1S/C34H31ClF3N7O.C31H24Cl3N5O.C28H24F3N7O2/c1-4-44(5-2)32-27(17-22-7-11-25(12-8-22)45-16-6-15-41-45)31(35)26-18-23(9-13-28(26)42-32)33(46,30-20-39-21-43(30)3)24-10-14-29(40-19-24)34(36,37)38;1-19-14-22(31(40,27-17-35-18-38(27)2)21-6-8-23(32)9-7-21)16-25-28(33)26(30(34)37-29(19)25)15-20-4-10-24(11-5-20)39-13-3-12-36-39;1-16-33-14-24(37(16)2)27(39,25-15-34-36-38(25)3)19-9-10-23-20(12-19)22(13-32)21(26(35-23)40-4)11-17-5-7-18(8-6-17)28(29,30)31/h6-16,18-21,46H,4-5,17H2,1-3H3;3-14,16-18,40H,15H2,1-2H3;5-10,12,14-15,39H,11H2,1-4H3. The summed E-state index contributed by atoms with van der Waals surface area (Å²) in [7, 11) is 8.40. The van der Waals surface area contributed by atoms with E-state index in [2.05, 4.69) is 70.2 Å². The number of anilines is 1. The molecule has 0 saturated carbocycles. The minimum atomic E-state index is -4.62. The monoisotopic (exact) mass is 1780 g/mol. The Morgan fingerprint density at radius 3 is 1.51 bits per heavy atom. The zero-order valence-corrected chi connectivity index (χ0v) is 72.1. The van der Waals surface area contributed by atoms with Crippen LogP contribution in [0.4, 0.5) is 32.2 Å². The number of alkyl halides is 6. The number of aryl methyl sites for hydroxylation is 5. The van der Waals surface area contributed by atoms with Gasteiger partial charge in [0.05, 0.1) is 111 Å². The summed E-state index contributed by atoms with van der Waals surface area (Å²) >= 11 is 27.2. The molecule has 10 aromatic heterocycles. The molecule has 0 spiro atoms. The summed E-state index contributed by atoms with van der Waals surface area (Å²) in [5.41, 5.74) is 6.23. The number of methoxy groups -OCH3 is 1. The van der Waals surface area contributed by atoms with Crippen LogP contribution in [0.2, 0.25) is 20.2 Å². The van der Waals surface area contributed by atoms with Crippen molar-refractivity contribution >= 4 is 84.9 Å². The topological polar surface area (TPSA) is 268 Å². The van der Waals surface area contributed by atoms with Gasteiger partial charge in [-0.15, -0.1) is 5.10 Å². The quantitative estimate of drug-likeness (QED) is 0.0446. The van der Waals surface area contributed by atoms with Crippen LogP contribution in [0.1, 0.15) is 126 Å². The fourth-order valence-electron chi connectivity index (χ4n) is 15.7. The van der Waals surface area contributed by atoms with Crippen LogP contribution in [0.3, 0.4) is 0 Å². The number of rotatable bonds is 21. The van der Waals surface area contributed by atoms with Crippen molar-refractivity contribution in [1.82, 2.24) is 83.1 Å². The van der Waals surface area contributed by atoms with Gasteiger partial charge in [0, 0.05) is 135 Å². The fourth-order valence-corrected chi connectivity index (χ4v) is 16.8. The van der Waals surface area contributed by atoms with Crippen LogP contribution in [-0.2, 0) is 76.6 Å². The highest BCUT2D eigenvalue weighted by Gasteiger charge is 2.43. The molecule has 0 bridgehead atoms. The van der Waals surface area contributed by atoms with Crippen molar-refractivity contribution in [2.24, 2.45) is 28.2 Å². The molecular formula is C93H79Cl4F6N19O4. The molecule has 3 atom stereocenters. The van der Waals surface area contributed by atoms with Crippen LogP contribution in [0.25, 0.3) is 44.1 Å². The van der Waals surface area contributed by atoms with Gasteiger partial charge in [0.1, 0.15) is 34.3 Å². The summed E-state index contributed by atoms with van der Waals surface area (Å²) < 4.78 is 94.9. The Hall–Kier alpha value is -13.2. The van der Waals surface area contributed by atoms with Crippen molar-refractivity contribution in [3.63, 3.8) is 0 Å². The largest absolute Gasteiger partial charge is 0.481 e. The summed E-state index contributed by atoms with van der Waals surface area (Å²) in [6, 6.07) is 50.1. The van der Waals surface area contributed by atoms with E-state index < -0.39 is 40.4 Å². The lowest BCUT2D eigenvalue weighted by atomic mass is 9.82. The fraction of sp³-hybridized carbons (Fsp3) is 0.204. The maximum absolute atomic E-state index is 13.3. The first-order valence-electron chi connectivity index (χ1n) is 39.4. The third-order valence-electron chi connectivity index (χ3n) is 22.5. The van der Waals surface area contributed by atoms with Gasteiger partial charge in [-0.1, -0.05) is 124 Å². The van der Waals surface area contributed by atoms with E-state index in [1.54, 1.807) is 124 Å². The Balaban J connectivity index is 0.000000146. The normalized spacial score (nSPS) is 13.2. The molecule has 0 saturated heterocycles. The molecular weight excluding hydrogens is 1700 g/mol. The molecule has 23 nitrogen and oxygen atoms in total. The second-order valence-electron chi connectivity index (χ2n) is 30.1. The Labute approximate surface area is 738 Å². The number of hydrogen-bond donors (Lipinski definition) is 3. The number of benzene rings is 7. The van der Waals surface area contributed by atoms with Gasteiger partial charge in [-0.2, -0.15) is 41.8 Å². The second-order valence-corrected chi connectivity index (χ2v) is 31.7. The number of hydrogen-bond acceptors (Lipinski definition) is 17. The summed E-state index contributed by atoms with van der Waals surface area (Å²) in [5.74, 6) is 1.62. The molecule has 0 radical (unpaired) electrons. The highest BCUT2D eigenvalue weighted by molar-refractivity contribution is 6.39. The molecule has 126 heavy (non-hydrogen) atoms. The molecule has 640 valence electrons.